The molecule has 152 valence electrons. The fourth-order valence-electron chi connectivity index (χ4n) is 3.26. The number of aromatic nitrogens is 2. The zero-order chi connectivity index (χ0) is 20.2. The van der Waals surface area contributed by atoms with Crippen molar-refractivity contribution in [1.82, 2.24) is 19.5 Å². The molecule has 2 N–H and O–H groups in total. The fraction of sp³-hybridized carbons (Fsp3) is 0.300. The highest BCUT2D eigenvalue weighted by Crippen LogP contribution is 2.24. The molecular formula is C20H22ClN5OS2. The van der Waals surface area contributed by atoms with Crippen LogP contribution in [0.25, 0.3) is 11.3 Å². The average molecular weight is 448 g/mol. The monoisotopic (exact) mass is 447 g/mol. The Balaban J connectivity index is 1.27. The topological polar surface area (TPSA) is 67.4 Å². The van der Waals surface area contributed by atoms with Crippen LogP contribution in [0.4, 0.5) is 0 Å². The number of imidazole rings is 1. The summed E-state index contributed by atoms with van der Waals surface area (Å²) in [5.41, 5.74) is 1.82. The Morgan fingerprint density at radius 3 is 2.59 bits per heavy atom. The molecule has 1 aliphatic rings. The first-order valence-corrected chi connectivity index (χ1v) is 11.5. The van der Waals surface area contributed by atoms with E-state index in [1.807, 2.05) is 41.3 Å². The van der Waals surface area contributed by atoms with Crippen molar-refractivity contribution in [3.8, 4) is 11.3 Å². The van der Waals surface area contributed by atoms with Gasteiger partial charge in [0, 0.05) is 43.2 Å². The Morgan fingerprint density at radius 2 is 1.90 bits per heavy atom. The number of nitrogens with zero attached hydrogens (tertiary/aromatic N) is 4. The van der Waals surface area contributed by atoms with Gasteiger partial charge in [0.1, 0.15) is 0 Å². The summed E-state index contributed by atoms with van der Waals surface area (Å²) in [5, 5.41) is 0.644. The predicted molar refractivity (Wildman–Crippen MR) is 120 cm³/mol. The Bertz CT molecular complexity index is 966. The molecule has 2 aromatic heterocycles. The summed E-state index contributed by atoms with van der Waals surface area (Å²) in [6.45, 7) is 4.11. The van der Waals surface area contributed by atoms with Crippen LogP contribution in [0.2, 0.25) is 4.34 Å². The second-order valence-corrected chi connectivity index (χ2v) is 9.58. The van der Waals surface area contributed by atoms with Crippen LogP contribution in [0.1, 0.15) is 4.88 Å². The lowest BCUT2D eigenvalue weighted by atomic mass is 10.2. The first-order valence-electron chi connectivity index (χ1n) is 9.35. The van der Waals surface area contributed by atoms with Crippen LogP contribution in [0, 0.1) is 0 Å². The lowest BCUT2D eigenvalue weighted by Gasteiger charge is -2.34. The second kappa shape index (κ2) is 9.21. The zero-order valence-electron chi connectivity index (χ0n) is 15.8. The number of nitrogen functional groups attached to an aromatic ring is 1. The van der Waals surface area contributed by atoms with Crippen molar-refractivity contribution in [2.75, 3.05) is 37.8 Å². The van der Waals surface area contributed by atoms with E-state index in [2.05, 4.69) is 16.0 Å². The minimum absolute atomic E-state index is 0.123. The highest BCUT2D eigenvalue weighted by atomic mass is 35.5. The fourth-order valence-corrected chi connectivity index (χ4v) is 5.19. The first kappa shape index (κ1) is 20.3. The van der Waals surface area contributed by atoms with Gasteiger partial charge in [0.2, 0.25) is 5.91 Å². The molecule has 6 nitrogen and oxygen atoms in total. The number of piperazine rings is 1. The molecule has 3 heterocycles. The lowest BCUT2D eigenvalue weighted by molar-refractivity contribution is -0.130. The summed E-state index contributed by atoms with van der Waals surface area (Å²) >= 11 is 9.00. The number of hydrogen-bond acceptors (Lipinski definition) is 6. The molecule has 0 unspecified atom stereocenters. The maximum atomic E-state index is 12.6. The van der Waals surface area contributed by atoms with Crippen molar-refractivity contribution in [3.05, 3.63) is 57.9 Å². The van der Waals surface area contributed by atoms with E-state index in [9.17, 15) is 4.79 Å². The van der Waals surface area contributed by atoms with Gasteiger partial charge >= 0.3 is 0 Å². The molecule has 1 saturated heterocycles. The van der Waals surface area contributed by atoms with Crippen molar-refractivity contribution < 1.29 is 4.79 Å². The lowest BCUT2D eigenvalue weighted by Crippen LogP contribution is -2.48. The highest BCUT2D eigenvalue weighted by Gasteiger charge is 2.22. The minimum Gasteiger partial charge on any atom is -0.339 e. The number of nitrogens with two attached hydrogens (primary N) is 1. The van der Waals surface area contributed by atoms with Crippen molar-refractivity contribution in [3.63, 3.8) is 0 Å². The summed E-state index contributed by atoms with van der Waals surface area (Å²) < 4.78 is 2.31. The molecule has 1 amide bonds. The van der Waals surface area contributed by atoms with Crippen LogP contribution in [0.5, 0.6) is 0 Å². The SMILES string of the molecule is Nn1cc(-c2ccccc2)nc1SCC(=O)N1CCN(Cc2ccc(Cl)s2)CC1. The summed E-state index contributed by atoms with van der Waals surface area (Å²) in [6, 6.07) is 13.9. The molecular weight excluding hydrogens is 426 g/mol. The van der Waals surface area contributed by atoms with E-state index in [4.69, 9.17) is 17.4 Å². The molecule has 0 spiro atoms. The number of carbonyl (C=O) groups excluding carboxylic acids is 1. The summed E-state index contributed by atoms with van der Waals surface area (Å²) in [4.78, 5) is 22.7. The standard InChI is InChI=1S/C20H22ClN5OS2/c21-18-7-6-16(29-18)12-24-8-10-25(11-9-24)19(27)14-28-20-23-17(13-26(20)22)15-4-2-1-3-5-15/h1-7,13H,8-12,14,22H2. The minimum atomic E-state index is 0.123. The number of carbonyl (C=O) groups is 1. The highest BCUT2D eigenvalue weighted by molar-refractivity contribution is 7.99. The molecule has 1 aliphatic heterocycles. The Morgan fingerprint density at radius 1 is 1.14 bits per heavy atom. The van der Waals surface area contributed by atoms with Gasteiger partial charge in [-0.1, -0.05) is 53.7 Å². The third-order valence-corrected chi connectivity index (χ3v) is 6.99. The molecule has 0 aliphatic carbocycles. The van der Waals surface area contributed by atoms with Crippen LogP contribution >= 0.6 is 34.7 Å². The number of thioether (sulfide) groups is 1. The molecule has 29 heavy (non-hydrogen) atoms. The molecule has 0 radical (unpaired) electrons. The van der Waals surface area contributed by atoms with E-state index in [0.29, 0.717) is 10.9 Å². The van der Waals surface area contributed by atoms with Crippen molar-refractivity contribution >= 4 is 40.6 Å². The van der Waals surface area contributed by atoms with Crippen molar-refractivity contribution in [2.24, 2.45) is 0 Å². The van der Waals surface area contributed by atoms with Crippen LogP contribution in [-0.4, -0.2) is 57.3 Å². The van der Waals surface area contributed by atoms with Crippen LogP contribution in [0.3, 0.4) is 0 Å². The van der Waals surface area contributed by atoms with Gasteiger partial charge in [-0.15, -0.1) is 11.3 Å². The van der Waals surface area contributed by atoms with E-state index < -0.39 is 0 Å². The number of benzene rings is 1. The normalized spacial score (nSPS) is 15.0. The number of halogens is 1. The number of hydrogen-bond donors (Lipinski definition) is 1. The molecule has 0 saturated carbocycles. The van der Waals surface area contributed by atoms with Gasteiger partial charge in [-0.2, -0.15) is 0 Å². The molecule has 4 rings (SSSR count). The Hall–Kier alpha value is -2.00. The summed E-state index contributed by atoms with van der Waals surface area (Å²) in [7, 11) is 0. The van der Waals surface area contributed by atoms with Gasteiger partial charge in [-0.25, -0.2) is 9.66 Å². The first-order chi connectivity index (χ1) is 14.1. The van der Waals surface area contributed by atoms with E-state index >= 15 is 0 Å². The van der Waals surface area contributed by atoms with Gasteiger partial charge in [0.15, 0.2) is 5.16 Å². The third-order valence-electron chi connectivity index (χ3n) is 4.83. The molecule has 0 bridgehead atoms. The molecule has 9 heteroatoms. The summed E-state index contributed by atoms with van der Waals surface area (Å²) in [6.07, 6.45) is 1.79. The van der Waals surface area contributed by atoms with E-state index in [1.165, 1.54) is 21.3 Å². The Kier molecular flexibility index (Phi) is 6.44. The average Bonchev–Trinajstić information content (AvgIpc) is 3.32. The number of thiophene rings is 1. The van der Waals surface area contributed by atoms with E-state index in [1.54, 1.807) is 17.5 Å². The third kappa shape index (κ3) is 5.14. The summed E-state index contributed by atoms with van der Waals surface area (Å²) in [5.74, 6) is 6.49. The van der Waals surface area contributed by atoms with Gasteiger partial charge in [0.05, 0.1) is 22.0 Å². The molecule has 0 atom stereocenters. The molecule has 1 aromatic carbocycles. The van der Waals surface area contributed by atoms with Crippen LogP contribution < -0.4 is 5.84 Å². The van der Waals surface area contributed by atoms with E-state index in [-0.39, 0.29) is 5.91 Å². The molecule has 1 fully saturated rings. The van der Waals surface area contributed by atoms with Gasteiger partial charge in [0.25, 0.3) is 0 Å². The number of rotatable bonds is 6. The van der Waals surface area contributed by atoms with Crippen molar-refractivity contribution in [2.45, 2.75) is 11.7 Å². The predicted octanol–water partition coefficient (Wildman–Crippen LogP) is 3.42. The largest absolute Gasteiger partial charge is 0.339 e. The van der Waals surface area contributed by atoms with Gasteiger partial charge in [-0.3, -0.25) is 9.69 Å². The maximum Gasteiger partial charge on any atom is 0.233 e. The number of amides is 1. The maximum absolute atomic E-state index is 12.6. The van der Waals surface area contributed by atoms with Gasteiger partial charge in [-0.05, 0) is 12.1 Å². The smallest absolute Gasteiger partial charge is 0.233 e. The quantitative estimate of drug-likeness (QED) is 0.463. The Labute approximate surface area is 183 Å². The van der Waals surface area contributed by atoms with Crippen molar-refractivity contribution in [1.29, 1.82) is 0 Å². The zero-order valence-corrected chi connectivity index (χ0v) is 18.2. The van der Waals surface area contributed by atoms with Gasteiger partial charge < -0.3 is 10.7 Å². The van der Waals surface area contributed by atoms with Crippen LogP contribution in [0.15, 0.2) is 53.8 Å². The molecule has 3 aromatic rings. The second-order valence-electron chi connectivity index (χ2n) is 6.83. The van der Waals surface area contributed by atoms with Crippen LogP contribution in [-0.2, 0) is 11.3 Å². The van der Waals surface area contributed by atoms with E-state index in [0.717, 1.165) is 48.3 Å².